The van der Waals surface area contributed by atoms with Gasteiger partial charge in [0, 0.05) is 26.6 Å². The molecule has 184 valence electrons. The summed E-state index contributed by atoms with van der Waals surface area (Å²) in [6.07, 6.45) is 0. The molecule has 0 radical (unpaired) electrons. The van der Waals surface area contributed by atoms with Crippen molar-refractivity contribution in [3.63, 3.8) is 0 Å². The monoisotopic (exact) mass is 496 g/mol. The van der Waals surface area contributed by atoms with Crippen LogP contribution in [-0.4, -0.2) is 56.6 Å². The molecule has 0 aliphatic carbocycles. The van der Waals surface area contributed by atoms with Gasteiger partial charge in [0.2, 0.25) is 5.91 Å². The Bertz CT molecular complexity index is 1300. The quantitative estimate of drug-likeness (QED) is 0.489. The summed E-state index contributed by atoms with van der Waals surface area (Å²) >= 11 is 0. The van der Waals surface area contributed by atoms with E-state index in [4.69, 9.17) is 4.74 Å². The first kappa shape index (κ1) is 24.6. The van der Waals surface area contributed by atoms with Crippen LogP contribution in [0.15, 0.2) is 71.6 Å². The van der Waals surface area contributed by atoms with Gasteiger partial charge in [-0.1, -0.05) is 54.6 Å². The summed E-state index contributed by atoms with van der Waals surface area (Å²) in [6, 6.07) is 19.2. The van der Waals surface area contributed by atoms with Crippen molar-refractivity contribution in [1.82, 2.24) is 20.1 Å². The van der Waals surface area contributed by atoms with Crippen molar-refractivity contribution in [2.45, 2.75) is 24.9 Å². The van der Waals surface area contributed by atoms with Gasteiger partial charge in [0.1, 0.15) is 0 Å². The third kappa shape index (κ3) is 6.36. The molecule has 2 N–H and O–H groups in total. The number of benzene rings is 3. The zero-order valence-corrected chi connectivity index (χ0v) is 20.3. The molecule has 0 bridgehead atoms. The Hall–Kier alpha value is -3.47. The number of fused-ring (bicyclic) bond motifs is 1. The van der Waals surface area contributed by atoms with E-state index in [0.717, 1.165) is 26.9 Å². The molecule has 1 aliphatic rings. The fourth-order valence-electron chi connectivity index (χ4n) is 3.77. The Balaban J connectivity index is 1.57. The lowest BCUT2D eigenvalue weighted by atomic mass is 10.1. The summed E-state index contributed by atoms with van der Waals surface area (Å²) in [5, 5.41) is 5.57. The van der Waals surface area contributed by atoms with Gasteiger partial charge in [0.05, 0.1) is 24.7 Å². The molecule has 0 atom stereocenters. The molecular weight excluding hydrogens is 468 g/mol. The van der Waals surface area contributed by atoms with Crippen LogP contribution in [0.25, 0.3) is 10.8 Å². The van der Waals surface area contributed by atoms with Crippen LogP contribution in [0.1, 0.15) is 18.1 Å². The predicted molar refractivity (Wildman–Crippen MR) is 132 cm³/mol. The fourth-order valence-corrected chi connectivity index (χ4v) is 4.84. The molecule has 1 aliphatic heterocycles. The van der Waals surface area contributed by atoms with Crippen molar-refractivity contribution in [1.29, 1.82) is 0 Å². The Kier molecular flexibility index (Phi) is 7.64. The van der Waals surface area contributed by atoms with E-state index >= 15 is 0 Å². The second-order valence-electron chi connectivity index (χ2n) is 8.30. The lowest BCUT2D eigenvalue weighted by Crippen LogP contribution is -2.54. The second kappa shape index (κ2) is 10.9. The summed E-state index contributed by atoms with van der Waals surface area (Å²) < 4.78 is 31.9. The molecular formula is C25H28N4O5S. The van der Waals surface area contributed by atoms with Crippen LogP contribution in [0.4, 0.5) is 4.79 Å². The third-order valence-electron chi connectivity index (χ3n) is 5.68. The molecule has 0 aromatic heterocycles. The Labute approximate surface area is 204 Å². The number of hydrazine groups is 1. The first-order valence-electron chi connectivity index (χ1n) is 11.3. The minimum absolute atomic E-state index is 0.0312. The lowest BCUT2D eigenvalue weighted by Gasteiger charge is -2.33. The van der Waals surface area contributed by atoms with Crippen LogP contribution in [0, 0.1) is 0 Å². The molecule has 1 heterocycles. The van der Waals surface area contributed by atoms with Crippen molar-refractivity contribution in [3.05, 3.63) is 77.9 Å². The molecule has 0 saturated carbocycles. The van der Waals surface area contributed by atoms with Gasteiger partial charge in [-0.3, -0.25) is 4.79 Å². The highest BCUT2D eigenvalue weighted by molar-refractivity contribution is 7.89. The number of sulfonamides is 1. The molecule has 3 aromatic rings. The number of amides is 3. The molecule has 4 rings (SSSR count). The van der Waals surface area contributed by atoms with Crippen molar-refractivity contribution in [3.8, 4) is 0 Å². The minimum atomic E-state index is -4.03. The predicted octanol–water partition coefficient (Wildman–Crippen LogP) is 2.62. The maximum Gasteiger partial charge on any atom is 0.335 e. The molecule has 9 nitrogen and oxygen atoms in total. The molecule has 3 amide bonds. The number of hydrogen-bond donors (Lipinski definition) is 2. The summed E-state index contributed by atoms with van der Waals surface area (Å²) in [4.78, 5) is 28.6. The Morgan fingerprint density at radius 1 is 0.943 bits per heavy atom. The highest BCUT2D eigenvalue weighted by Crippen LogP contribution is 2.20. The number of nitrogens with one attached hydrogen (secondary N) is 2. The average molecular weight is 497 g/mol. The van der Waals surface area contributed by atoms with Crippen molar-refractivity contribution in [2.75, 3.05) is 26.3 Å². The SMILES string of the molecule is CC(=O)NCc1ccc(CN(NS(=O)(=O)c2ccc3ccccc3c2)C(=O)N2CCOCC2)cc1. The maximum atomic E-state index is 13.3. The van der Waals surface area contributed by atoms with Crippen LogP contribution in [0.2, 0.25) is 0 Å². The number of nitrogens with zero attached hydrogens (tertiary/aromatic N) is 2. The van der Waals surface area contributed by atoms with Gasteiger partial charge in [0.15, 0.2) is 0 Å². The number of ether oxygens (including phenoxy) is 1. The zero-order chi connectivity index (χ0) is 24.8. The molecule has 1 fully saturated rings. The van der Waals surface area contributed by atoms with E-state index in [2.05, 4.69) is 10.1 Å². The van der Waals surface area contributed by atoms with E-state index in [1.807, 2.05) is 36.4 Å². The number of morpholine rings is 1. The number of carbonyl (C=O) groups is 2. The summed E-state index contributed by atoms with van der Waals surface area (Å²) in [7, 11) is -4.03. The minimum Gasteiger partial charge on any atom is -0.378 e. The smallest absolute Gasteiger partial charge is 0.335 e. The highest BCUT2D eigenvalue weighted by Gasteiger charge is 2.28. The van der Waals surface area contributed by atoms with Gasteiger partial charge in [-0.15, -0.1) is 4.83 Å². The van der Waals surface area contributed by atoms with Crippen molar-refractivity contribution >= 4 is 32.7 Å². The average Bonchev–Trinajstić information content (AvgIpc) is 2.87. The Morgan fingerprint density at radius 2 is 1.60 bits per heavy atom. The van der Waals surface area contributed by atoms with Crippen LogP contribution < -0.4 is 10.1 Å². The van der Waals surface area contributed by atoms with Crippen molar-refractivity contribution < 1.29 is 22.7 Å². The summed E-state index contributed by atoms with van der Waals surface area (Å²) in [6.45, 7) is 3.42. The number of rotatable bonds is 7. The van der Waals surface area contributed by atoms with E-state index in [1.165, 1.54) is 13.0 Å². The van der Waals surface area contributed by atoms with E-state index < -0.39 is 16.1 Å². The summed E-state index contributed by atoms with van der Waals surface area (Å²) in [5.74, 6) is -0.126. The van der Waals surface area contributed by atoms with Crippen LogP contribution in [-0.2, 0) is 32.6 Å². The van der Waals surface area contributed by atoms with Gasteiger partial charge in [-0.2, -0.15) is 0 Å². The van der Waals surface area contributed by atoms with Gasteiger partial charge < -0.3 is 15.0 Å². The molecule has 10 heteroatoms. The number of hydrogen-bond acceptors (Lipinski definition) is 5. The molecule has 1 saturated heterocycles. The topological polar surface area (TPSA) is 108 Å². The normalized spacial score (nSPS) is 14.0. The van der Waals surface area contributed by atoms with Gasteiger partial charge in [-0.05, 0) is 34.0 Å². The van der Waals surface area contributed by atoms with E-state index in [0.29, 0.717) is 32.8 Å². The second-order valence-corrected chi connectivity index (χ2v) is 9.96. The van der Waals surface area contributed by atoms with Gasteiger partial charge in [0.25, 0.3) is 10.0 Å². The first-order valence-corrected chi connectivity index (χ1v) is 12.8. The zero-order valence-electron chi connectivity index (χ0n) is 19.4. The third-order valence-corrected chi connectivity index (χ3v) is 7.01. The van der Waals surface area contributed by atoms with Gasteiger partial charge in [-0.25, -0.2) is 18.2 Å². The first-order chi connectivity index (χ1) is 16.8. The fraction of sp³-hybridized carbons (Fsp3) is 0.280. The molecule has 0 spiro atoms. The van der Waals surface area contributed by atoms with Crippen LogP contribution in [0.5, 0.6) is 0 Å². The largest absolute Gasteiger partial charge is 0.378 e. The van der Waals surface area contributed by atoms with Crippen LogP contribution >= 0.6 is 0 Å². The summed E-state index contributed by atoms with van der Waals surface area (Å²) in [5.41, 5.74) is 1.63. The van der Waals surface area contributed by atoms with Gasteiger partial charge >= 0.3 is 6.03 Å². The van der Waals surface area contributed by atoms with E-state index in [-0.39, 0.29) is 17.3 Å². The molecule has 35 heavy (non-hydrogen) atoms. The van der Waals surface area contributed by atoms with E-state index in [1.54, 1.807) is 29.2 Å². The molecule has 0 unspecified atom stereocenters. The maximum absolute atomic E-state index is 13.3. The lowest BCUT2D eigenvalue weighted by molar-refractivity contribution is -0.119. The highest BCUT2D eigenvalue weighted by atomic mass is 32.2. The number of carbonyl (C=O) groups excluding carboxylic acids is 2. The van der Waals surface area contributed by atoms with Crippen molar-refractivity contribution in [2.24, 2.45) is 0 Å². The standard InChI is InChI=1S/C25H28N4O5S/c1-19(30)26-17-20-6-8-21(9-7-20)18-29(25(31)28-12-14-34-15-13-28)27-35(32,33)24-11-10-22-4-2-3-5-23(22)16-24/h2-11,16,27H,12-15,17-18H2,1H3,(H,26,30). The van der Waals surface area contributed by atoms with E-state index in [9.17, 15) is 18.0 Å². The number of urea groups is 1. The Morgan fingerprint density at radius 3 is 2.29 bits per heavy atom. The molecule has 3 aromatic carbocycles. The van der Waals surface area contributed by atoms with Crippen LogP contribution in [0.3, 0.4) is 0 Å².